The first-order valence-corrected chi connectivity index (χ1v) is 5.55. The Balaban J connectivity index is 2.22. The van der Waals surface area contributed by atoms with Gasteiger partial charge in [0.1, 0.15) is 18.3 Å². The summed E-state index contributed by atoms with van der Waals surface area (Å²) < 4.78 is 7.09. The minimum absolute atomic E-state index is 0.114. The highest BCUT2D eigenvalue weighted by Gasteiger charge is 2.33. The van der Waals surface area contributed by atoms with Crippen molar-refractivity contribution in [3.05, 3.63) is 22.7 Å². The Morgan fingerprint density at radius 2 is 2.47 bits per heavy atom. The molecule has 1 aromatic heterocycles. The summed E-state index contributed by atoms with van der Waals surface area (Å²) in [6.45, 7) is 1.98. The molecule has 2 heterocycles. The zero-order valence-corrected chi connectivity index (χ0v) is 9.57. The maximum absolute atomic E-state index is 11.7. The summed E-state index contributed by atoms with van der Waals surface area (Å²) in [4.78, 5) is 25.8. The lowest BCUT2D eigenvalue weighted by Crippen LogP contribution is -2.29. The van der Waals surface area contributed by atoms with Gasteiger partial charge in [-0.1, -0.05) is 6.92 Å². The van der Waals surface area contributed by atoms with Gasteiger partial charge in [-0.05, 0) is 12.5 Å². The second kappa shape index (κ2) is 4.67. The number of hydrogen-bond acceptors (Lipinski definition) is 5. The number of hydrogen-bond donors (Lipinski definition) is 1. The van der Waals surface area contributed by atoms with Gasteiger partial charge in [0.05, 0.1) is 6.10 Å². The molecule has 0 aromatic carbocycles. The Morgan fingerprint density at radius 3 is 3.12 bits per heavy atom. The molecule has 1 aliphatic rings. The van der Waals surface area contributed by atoms with Crippen molar-refractivity contribution in [2.24, 2.45) is 5.92 Å². The lowest BCUT2D eigenvalue weighted by atomic mass is 10.0. The summed E-state index contributed by atoms with van der Waals surface area (Å²) in [7, 11) is 0. The van der Waals surface area contributed by atoms with Crippen LogP contribution in [0.3, 0.4) is 0 Å². The summed E-state index contributed by atoms with van der Waals surface area (Å²) in [6, 6.07) is 1.56. The van der Waals surface area contributed by atoms with E-state index in [2.05, 4.69) is 4.98 Å². The summed E-state index contributed by atoms with van der Waals surface area (Å²) in [5.41, 5.74) is 5.00. The molecule has 6 heteroatoms. The highest BCUT2D eigenvalue weighted by molar-refractivity contribution is 5.50. The smallest absolute Gasteiger partial charge is 0.351 e. The van der Waals surface area contributed by atoms with Crippen LogP contribution < -0.4 is 11.4 Å². The van der Waals surface area contributed by atoms with Gasteiger partial charge in [-0.2, -0.15) is 4.98 Å². The van der Waals surface area contributed by atoms with Crippen molar-refractivity contribution < 1.29 is 9.53 Å². The van der Waals surface area contributed by atoms with Gasteiger partial charge in [0.25, 0.3) is 0 Å². The molecule has 0 amide bonds. The van der Waals surface area contributed by atoms with Gasteiger partial charge in [-0.15, -0.1) is 0 Å². The Bertz CT molecular complexity index is 471. The highest BCUT2D eigenvalue weighted by Crippen LogP contribution is 2.33. The monoisotopic (exact) mass is 237 g/mol. The minimum Gasteiger partial charge on any atom is -0.383 e. The maximum atomic E-state index is 11.7. The summed E-state index contributed by atoms with van der Waals surface area (Å²) in [5.74, 6) is 0.365. The Morgan fingerprint density at radius 1 is 1.71 bits per heavy atom. The molecular formula is C11H15N3O3. The van der Waals surface area contributed by atoms with Crippen molar-refractivity contribution in [3.63, 3.8) is 0 Å². The highest BCUT2D eigenvalue weighted by atomic mass is 16.5. The van der Waals surface area contributed by atoms with Gasteiger partial charge < -0.3 is 15.3 Å². The average Bonchev–Trinajstić information content (AvgIpc) is 2.60. The van der Waals surface area contributed by atoms with Gasteiger partial charge in [0.2, 0.25) is 0 Å². The van der Waals surface area contributed by atoms with E-state index in [1.54, 1.807) is 12.3 Å². The molecule has 1 saturated heterocycles. The van der Waals surface area contributed by atoms with Gasteiger partial charge >= 0.3 is 5.69 Å². The van der Waals surface area contributed by atoms with Gasteiger partial charge in [-0.25, -0.2) is 4.79 Å². The number of aromatic nitrogens is 2. The van der Waals surface area contributed by atoms with Gasteiger partial charge in [-0.3, -0.25) is 4.57 Å². The van der Waals surface area contributed by atoms with Crippen molar-refractivity contribution in [2.45, 2.75) is 32.1 Å². The van der Waals surface area contributed by atoms with E-state index in [4.69, 9.17) is 10.5 Å². The van der Waals surface area contributed by atoms with E-state index in [0.717, 1.165) is 12.7 Å². The standard InChI is InChI=1S/C11H15N3O3/c1-7-6-8(3-5-15)17-10(7)14-4-2-9(12)13-11(14)16/h2,4-5,7-8,10H,3,6H2,1H3,(H2,12,13,16)/t7-,8+,10+/m0/s1. The van der Waals surface area contributed by atoms with Crippen LogP contribution in [0.5, 0.6) is 0 Å². The average molecular weight is 237 g/mol. The third-order valence-corrected chi connectivity index (χ3v) is 2.94. The zero-order valence-electron chi connectivity index (χ0n) is 9.57. The van der Waals surface area contributed by atoms with Crippen molar-refractivity contribution in [1.82, 2.24) is 9.55 Å². The largest absolute Gasteiger partial charge is 0.383 e. The van der Waals surface area contributed by atoms with E-state index in [-0.39, 0.29) is 24.1 Å². The number of anilines is 1. The van der Waals surface area contributed by atoms with Crippen LogP contribution >= 0.6 is 0 Å². The summed E-state index contributed by atoms with van der Waals surface area (Å²) in [5, 5.41) is 0. The van der Waals surface area contributed by atoms with Crippen molar-refractivity contribution in [1.29, 1.82) is 0 Å². The van der Waals surface area contributed by atoms with Crippen LogP contribution in [0.2, 0.25) is 0 Å². The van der Waals surface area contributed by atoms with Crippen molar-refractivity contribution >= 4 is 12.1 Å². The van der Waals surface area contributed by atoms with E-state index in [1.165, 1.54) is 4.57 Å². The second-order valence-electron chi connectivity index (χ2n) is 4.31. The number of nitrogens with zero attached hydrogens (tertiary/aromatic N) is 2. The maximum Gasteiger partial charge on any atom is 0.351 e. The first-order chi connectivity index (χ1) is 8.11. The quantitative estimate of drug-likeness (QED) is 0.766. The van der Waals surface area contributed by atoms with Gasteiger partial charge in [0, 0.05) is 18.5 Å². The Kier molecular flexibility index (Phi) is 3.23. The fourth-order valence-electron chi connectivity index (χ4n) is 2.14. The second-order valence-corrected chi connectivity index (χ2v) is 4.31. The topological polar surface area (TPSA) is 87.2 Å². The van der Waals surface area contributed by atoms with Crippen LogP contribution in [0.1, 0.15) is 26.0 Å². The third kappa shape index (κ3) is 2.36. The number of aldehydes is 1. The lowest BCUT2D eigenvalue weighted by molar-refractivity contribution is -0.111. The molecule has 2 N–H and O–H groups in total. The van der Waals surface area contributed by atoms with E-state index in [1.807, 2.05) is 6.92 Å². The predicted octanol–water partition coefficient (Wildman–Crippen LogP) is 0.338. The fraction of sp³-hybridized carbons (Fsp3) is 0.545. The molecular weight excluding hydrogens is 222 g/mol. The van der Waals surface area contributed by atoms with Gasteiger partial charge in [0.15, 0.2) is 0 Å². The molecule has 3 atom stereocenters. The fourth-order valence-corrected chi connectivity index (χ4v) is 2.14. The molecule has 92 valence electrons. The van der Waals surface area contributed by atoms with E-state index >= 15 is 0 Å². The van der Waals surface area contributed by atoms with Crippen LogP contribution in [0.25, 0.3) is 0 Å². The minimum atomic E-state index is -0.423. The molecule has 0 spiro atoms. The summed E-state index contributed by atoms with van der Waals surface area (Å²) in [6.07, 6.45) is 3.06. The van der Waals surface area contributed by atoms with E-state index in [9.17, 15) is 9.59 Å². The number of rotatable bonds is 3. The molecule has 0 bridgehead atoms. The SMILES string of the molecule is C[C@H]1C[C@@H](CC=O)O[C@H]1n1ccc(N)nc1=O. The molecule has 1 aliphatic heterocycles. The van der Waals surface area contributed by atoms with Crippen LogP contribution in [0.15, 0.2) is 17.1 Å². The van der Waals surface area contributed by atoms with Crippen LogP contribution in [0, 0.1) is 5.92 Å². The van der Waals surface area contributed by atoms with Crippen LogP contribution in [-0.4, -0.2) is 21.9 Å². The number of nitrogen functional groups attached to an aromatic ring is 1. The molecule has 17 heavy (non-hydrogen) atoms. The molecule has 1 fully saturated rings. The molecule has 0 saturated carbocycles. The normalized spacial score (nSPS) is 28.2. The molecule has 0 unspecified atom stereocenters. The van der Waals surface area contributed by atoms with E-state index < -0.39 is 5.69 Å². The number of ether oxygens (including phenoxy) is 1. The summed E-state index contributed by atoms with van der Waals surface area (Å²) >= 11 is 0. The molecule has 1 aromatic rings. The molecule has 2 rings (SSSR count). The molecule has 6 nitrogen and oxygen atoms in total. The van der Waals surface area contributed by atoms with Crippen LogP contribution in [-0.2, 0) is 9.53 Å². The third-order valence-electron chi connectivity index (χ3n) is 2.94. The first kappa shape index (κ1) is 11.8. The Labute approximate surface area is 98.4 Å². The zero-order chi connectivity index (χ0) is 12.4. The van der Waals surface area contributed by atoms with E-state index in [0.29, 0.717) is 6.42 Å². The number of nitrogens with two attached hydrogens (primary N) is 1. The lowest BCUT2D eigenvalue weighted by Gasteiger charge is -2.17. The van der Waals surface area contributed by atoms with Crippen molar-refractivity contribution in [2.75, 3.05) is 5.73 Å². The van der Waals surface area contributed by atoms with Crippen molar-refractivity contribution in [3.8, 4) is 0 Å². The molecule has 0 radical (unpaired) electrons. The molecule has 0 aliphatic carbocycles. The number of carbonyl (C=O) groups is 1. The van der Waals surface area contributed by atoms with Crippen LogP contribution in [0.4, 0.5) is 5.82 Å². The first-order valence-electron chi connectivity index (χ1n) is 5.55. The number of carbonyl (C=O) groups excluding carboxylic acids is 1. The predicted molar refractivity (Wildman–Crippen MR) is 61.3 cm³/mol. The Hall–Kier alpha value is -1.69.